The Hall–Kier alpha value is -1.49. The quantitative estimate of drug-likeness (QED) is 0.793. The van der Waals surface area contributed by atoms with E-state index in [9.17, 15) is 0 Å². The zero-order valence-electron chi connectivity index (χ0n) is 10.6. The Labute approximate surface area is 132 Å². The number of benzene rings is 2. The SMILES string of the molecule is COc1cccc(NC(=S)Nc2c(Cl)cccc2Cl)c1. The van der Waals surface area contributed by atoms with Gasteiger partial charge >= 0.3 is 0 Å². The monoisotopic (exact) mass is 326 g/mol. The summed E-state index contributed by atoms with van der Waals surface area (Å²) in [5.41, 5.74) is 1.39. The van der Waals surface area contributed by atoms with Gasteiger partial charge in [0.05, 0.1) is 22.8 Å². The molecule has 0 bridgehead atoms. The molecule has 3 nitrogen and oxygen atoms in total. The Balaban J connectivity index is 2.09. The first-order chi connectivity index (χ1) is 9.60. The first-order valence-electron chi connectivity index (χ1n) is 5.76. The van der Waals surface area contributed by atoms with Crippen molar-refractivity contribution in [2.75, 3.05) is 17.7 Å². The Kier molecular flexibility index (Phi) is 5.06. The van der Waals surface area contributed by atoms with E-state index in [2.05, 4.69) is 10.6 Å². The molecule has 104 valence electrons. The van der Waals surface area contributed by atoms with Crippen LogP contribution in [0.4, 0.5) is 11.4 Å². The normalized spacial score (nSPS) is 9.95. The number of methoxy groups -OCH3 is 1. The molecule has 0 fully saturated rings. The second kappa shape index (κ2) is 6.79. The molecule has 0 aromatic heterocycles. The first-order valence-corrected chi connectivity index (χ1v) is 6.92. The van der Waals surface area contributed by atoms with Crippen LogP contribution < -0.4 is 15.4 Å². The summed E-state index contributed by atoms with van der Waals surface area (Å²) in [4.78, 5) is 0. The molecule has 0 saturated heterocycles. The highest BCUT2D eigenvalue weighted by Gasteiger charge is 2.07. The Bertz CT molecular complexity index is 614. The number of ether oxygens (including phenoxy) is 1. The van der Waals surface area contributed by atoms with Crippen molar-refractivity contribution >= 4 is 51.9 Å². The second-order valence-electron chi connectivity index (χ2n) is 3.91. The van der Waals surface area contributed by atoms with Gasteiger partial charge < -0.3 is 15.4 Å². The average Bonchev–Trinajstić information content (AvgIpc) is 2.43. The van der Waals surface area contributed by atoms with Gasteiger partial charge in [-0.15, -0.1) is 0 Å². The summed E-state index contributed by atoms with van der Waals surface area (Å²) in [5, 5.41) is 7.43. The molecule has 0 radical (unpaired) electrons. The van der Waals surface area contributed by atoms with E-state index < -0.39 is 0 Å². The van der Waals surface area contributed by atoms with Gasteiger partial charge in [0.25, 0.3) is 0 Å². The number of halogens is 2. The van der Waals surface area contributed by atoms with Crippen LogP contribution in [0.3, 0.4) is 0 Å². The summed E-state index contributed by atoms with van der Waals surface area (Å²) in [7, 11) is 1.61. The van der Waals surface area contributed by atoms with E-state index in [1.807, 2.05) is 24.3 Å². The fourth-order valence-electron chi connectivity index (χ4n) is 1.59. The van der Waals surface area contributed by atoms with Gasteiger partial charge in [0.15, 0.2) is 5.11 Å². The highest BCUT2D eigenvalue weighted by Crippen LogP contribution is 2.30. The third-order valence-electron chi connectivity index (χ3n) is 2.53. The highest BCUT2D eigenvalue weighted by molar-refractivity contribution is 7.80. The van der Waals surface area contributed by atoms with Gasteiger partial charge in [0.1, 0.15) is 5.75 Å². The molecule has 0 aliphatic rings. The van der Waals surface area contributed by atoms with Crippen LogP contribution in [0.1, 0.15) is 0 Å². The number of rotatable bonds is 3. The van der Waals surface area contributed by atoms with E-state index in [0.29, 0.717) is 20.8 Å². The highest BCUT2D eigenvalue weighted by atomic mass is 35.5. The van der Waals surface area contributed by atoms with Crippen molar-refractivity contribution in [3.8, 4) is 5.75 Å². The van der Waals surface area contributed by atoms with Gasteiger partial charge in [-0.05, 0) is 36.5 Å². The number of hydrogen-bond donors (Lipinski definition) is 2. The van der Waals surface area contributed by atoms with Crippen LogP contribution in [0, 0.1) is 0 Å². The minimum absolute atomic E-state index is 0.397. The molecule has 0 saturated carbocycles. The van der Waals surface area contributed by atoms with E-state index in [1.54, 1.807) is 25.3 Å². The minimum atomic E-state index is 0.397. The van der Waals surface area contributed by atoms with Crippen molar-refractivity contribution in [1.29, 1.82) is 0 Å². The standard InChI is InChI=1S/C14H12Cl2N2OS/c1-19-10-5-2-4-9(8-10)17-14(20)18-13-11(15)6-3-7-12(13)16/h2-8H,1H3,(H2,17,18,20). The molecule has 2 aromatic rings. The minimum Gasteiger partial charge on any atom is -0.497 e. The molecule has 6 heteroatoms. The Morgan fingerprint density at radius 3 is 2.35 bits per heavy atom. The van der Waals surface area contributed by atoms with Crippen molar-refractivity contribution in [1.82, 2.24) is 0 Å². The number of para-hydroxylation sites is 1. The number of anilines is 2. The lowest BCUT2D eigenvalue weighted by atomic mass is 10.3. The largest absolute Gasteiger partial charge is 0.497 e. The van der Waals surface area contributed by atoms with Crippen molar-refractivity contribution in [3.05, 3.63) is 52.5 Å². The van der Waals surface area contributed by atoms with Gasteiger partial charge in [0, 0.05) is 11.8 Å². The maximum atomic E-state index is 6.07. The van der Waals surface area contributed by atoms with Gasteiger partial charge in [-0.3, -0.25) is 0 Å². The van der Waals surface area contributed by atoms with Crippen LogP contribution in [-0.2, 0) is 0 Å². The Morgan fingerprint density at radius 1 is 1.05 bits per heavy atom. The summed E-state index contributed by atoms with van der Waals surface area (Å²) < 4.78 is 5.15. The molecule has 20 heavy (non-hydrogen) atoms. The van der Waals surface area contributed by atoms with Crippen LogP contribution in [0.25, 0.3) is 0 Å². The fraction of sp³-hybridized carbons (Fsp3) is 0.0714. The van der Waals surface area contributed by atoms with Crippen molar-refractivity contribution in [3.63, 3.8) is 0 Å². The van der Waals surface area contributed by atoms with Gasteiger partial charge in [0.2, 0.25) is 0 Å². The van der Waals surface area contributed by atoms with Crippen LogP contribution >= 0.6 is 35.4 Å². The van der Waals surface area contributed by atoms with E-state index in [1.165, 1.54) is 0 Å². The molecule has 0 unspecified atom stereocenters. The van der Waals surface area contributed by atoms with Crippen molar-refractivity contribution < 1.29 is 4.74 Å². The maximum absolute atomic E-state index is 6.07. The summed E-state index contributed by atoms with van der Waals surface area (Å²) in [5.74, 6) is 0.744. The lowest BCUT2D eigenvalue weighted by molar-refractivity contribution is 0.415. The topological polar surface area (TPSA) is 33.3 Å². The molecule has 0 aliphatic carbocycles. The lowest BCUT2D eigenvalue weighted by Crippen LogP contribution is -2.19. The van der Waals surface area contributed by atoms with Crippen molar-refractivity contribution in [2.45, 2.75) is 0 Å². The predicted octanol–water partition coefficient (Wildman–Crippen LogP) is 4.81. The molecular formula is C14H12Cl2N2OS. The molecule has 2 N–H and O–H groups in total. The average molecular weight is 327 g/mol. The maximum Gasteiger partial charge on any atom is 0.175 e. The van der Waals surface area contributed by atoms with Crippen LogP contribution in [-0.4, -0.2) is 12.2 Å². The van der Waals surface area contributed by atoms with Crippen molar-refractivity contribution in [2.24, 2.45) is 0 Å². The van der Waals surface area contributed by atoms with Crippen LogP contribution in [0.5, 0.6) is 5.75 Å². The number of nitrogens with one attached hydrogen (secondary N) is 2. The zero-order valence-corrected chi connectivity index (χ0v) is 12.9. The number of hydrogen-bond acceptors (Lipinski definition) is 2. The van der Waals surface area contributed by atoms with Crippen LogP contribution in [0.15, 0.2) is 42.5 Å². The van der Waals surface area contributed by atoms with E-state index in [0.717, 1.165) is 11.4 Å². The van der Waals surface area contributed by atoms with Gasteiger partial charge in [-0.25, -0.2) is 0 Å². The van der Waals surface area contributed by atoms with Gasteiger partial charge in [-0.1, -0.05) is 35.3 Å². The molecule has 0 heterocycles. The van der Waals surface area contributed by atoms with E-state index in [4.69, 9.17) is 40.2 Å². The summed E-state index contributed by atoms with van der Waals surface area (Å²) in [6.45, 7) is 0. The fourth-order valence-corrected chi connectivity index (χ4v) is 2.31. The predicted molar refractivity (Wildman–Crippen MR) is 89.3 cm³/mol. The van der Waals surface area contributed by atoms with Gasteiger partial charge in [-0.2, -0.15) is 0 Å². The van der Waals surface area contributed by atoms with Crippen LogP contribution in [0.2, 0.25) is 10.0 Å². The zero-order chi connectivity index (χ0) is 14.5. The molecular weight excluding hydrogens is 315 g/mol. The first kappa shape index (κ1) is 14.9. The summed E-state index contributed by atoms with van der Waals surface area (Å²) in [6.07, 6.45) is 0. The smallest absolute Gasteiger partial charge is 0.175 e. The third-order valence-corrected chi connectivity index (χ3v) is 3.36. The summed E-state index contributed by atoms with van der Waals surface area (Å²) >= 11 is 17.4. The molecule has 0 aliphatic heterocycles. The third kappa shape index (κ3) is 3.76. The molecule has 2 aromatic carbocycles. The molecule has 0 amide bonds. The Morgan fingerprint density at radius 2 is 1.70 bits per heavy atom. The van der Waals surface area contributed by atoms with E-state index in [-0.39, 0.29) is 0 Å². The van der Waals surface area contributed by atoms with E-state index >= 15 is 0 Å². The summed E-state index contributed by atoms with van der Waals surface area (Å²) in [6, 6.07) is 12.7. The lowest BCUT2D eigenvalue weighted by Gasteiger charge is -2.13. The second-order valence-corrected chi connectivity index (χ2v) is 5.13. The molecule has 0 spiro atoms. The molecule has 2 rings (SSSR count). The number of thiocarbonyl (C=S) groups is 1. The molecule has 0 atom stereocenters.